The maximum atomic E-state index is 12.8. The van der Waals surface area contributed by atoms with Gasteiger partial charge < -0.3 is 9.64 Å². The van der Waals surface area contributed by atoms with Gasteiger partial charge in [0.1, 0.15) is 10.6 Å². The van der Waals surface area contributed by atoms with Crippen LogP contribution >= 0.6 is 15.9 Å². The molecule has 138 valence electrons. The standard InChI is InChI=1S/C18H19BrN2O4S/c1-12-5-7-14(11-15(12)21-9-3-4-18(21)22)20-26(23,24)17-10-13(19)6-8-16(17)25-2/h5-8,10-11,20H,3-4,9H2,1-2H3. The highest BCUT2D eigenvalue weighted by Gasteiger charge is 2.25. The summed E-state index contributed by atoms with van der Waals surface area (Å²) in [6.45, 7) is 2.55. The van der Waals surface area contributed by atoms with Gasteiger partial charge in [-0.15, -0.1) is 0 Å². The summed E-state index contributed by atoms with van der Waals surface area (Å²) in [5.41, 5.74) is 2.05. The number of hydrogen-bond acceptors (Lipinski definition) is 4. The molecule has 1 aliphatic heterocycles. The van der Waals surface area contributed by atoms with Gasteiger partial charge in [-0.25, -0.2) is 8.42 Å². The molecular formula is C18H19BrN2O4S. The molecule has 1 amide bonds. The van der Waals surface area contributed by atoms with Crippen LogP contribution in [0.1, 0.15) is 18.4 Å². The number of carbonyl (C=O) groups is 1. The van der Waals surface area contributed by atoms with Gasteiger partial charge in [0, 0.05) is 23.1 Å². The lowest BCUT2D eigenvalue weighted by atomic mass is 10.1. The molecule has 0 bridgehead atoms. The molecule has 1 heterocycles. The maximum Gasteiger partial charge on any atom is 0.265 e. The van der Waals surface area contributed by atoms with Crippen molar-refractivity contribution in [2.45, 2.75) is 24.7 Å². The number of methoxy groups -OCH3 is 1. The Bertz CT molecular complexity index is 960. The van der Waals surface area contributed by atoms with Gasteiger partial charge in [0.2, 0.25) is 5.91 Å². The number of aryl methyl sites for hydroxylation is 1. The van der Waals surface area contributed by atoms with Gasteiger partial charge in [-0.05, 0) is 49.2 Å². The summed E-state index contributed by atoms with van der Waals surface area (Å²) >= 11 is 3.28. The Morgan fingerprint density at radius 2 is 1.96 bits per heavy atom. The van der Waals surface area contributed by atoms with E-state index < -0.39 is 10.0 Å². The van der Waals surface area contributed by atoms with Crippen molar-refractivity contribution < 1.29 is 17.9 Å². The van der Waals surface area contributed by atoms with E-state index in [1.165, 1.54) is 13.2 Å². The van der Waals surface area contributed by atoms with Crippen molar-refractivity contribution in [1.29, 1.82) is 0 Å². The largest absolute Gasteiger partial charge is 0.495 e. The lowest BCUT2D eigenvalue weighted by Crippen LogP contribution is -2.24. The van der Waals surface area contributed by atoms with Gasteiger partial charge in [0.15, 0.2) is 0 Å². The van der Waals surface area contributed by atoms with Crippen LogP contribution in [0.3, 0.4) is 0 Å². The number of amides is 1. The Balaban J connectivity index is 1.96. The summed E-state index contributed by atoms with van der Waals surface area (Å²) in [4.78, 5) is 13.8. The Morgan fingerprint density at radius 3 is 2.62 bits per heavy atom. The lowest BCUT2D eigenvalue weighted by molar-refractivity contribution is -0.117. The van der Waals surface area contributed by atoms with Crippen LogP contribution in [0.2, 0.25) is 0 Å². The number of nitrogens with one attached hydrogen (secondary N) is 1. The molecule has 3 rings (SSSR count). The maximum absolute atomic E-state index is 12.8. The minimum atomic E-state index is -3.85. The first kappa shape index (κ1) is 18.7. The van der Waals surface area contributed by atoms with E-state index in [0.717, 1.165) is 17.7 Å². The molecule has 0 spiro atoms. The second-order valence-corrected chi connectivity index (χ2v) is 8.62. The summed E-state index contributed by atoms with van der Waals surface area (Å²) in [7, 11) is -2.43. The van der Waals surface area contributed by atoms with Crippen LogP contribution in [0.5, 0.6) is 5.75 Å². The van der Waals surface area contributed by atoms with Crippen LogP contribution < -0.4 is 14.4 Å². The fraction of sp³-hybridized carbons (Fsp3) is 0.278. The smallest absolute Gasteiger partial charge is 0.265 e. The average molecular weight is 439 g/mol. The van der Waals surface area contributed by atoms with Crippen LogP contribution in [-0.2, 0) is 14.8 Å². The number of nitrogens with zero attached hydrogens (tertiary/aromatic N) is 1. The van der Waals surface area contributed by atoms with Crippen LogP contribution in [0.25, 0.3) is 0 Å². The lowest BCUT2D eigenvalue weighted by Gasteiger charge is -2.20. The molecule has 8 heteroatoms. The number of halogens is 1. The first-order chi connectivity index (χ1) is 12.3. The molecule has 1 N–H and O–H groups in total. The minimum absolute atomic E-state index is 0.0359. The van der Waals surface area contributed by atoms with Gasteiger partial charge in [0.25, 0.3) is 10.0 Å². The summed E-state index contributed by atoms with van der Waals surface area (Å²) in [5.74, 6) is 0.310. The molecule has 6 nitrogen and oxygen atoms in total. The topological polar surface area (TPSA) is 75.7 Å². The van der Waals surface area contributed by atoms with E-state index in [9.17, 15) is 13.2 Å². The molecule has 26 heavy (non-hydrogen) atoms. The van der Waals surface area contributed by atoms with Crippen LogP contribution in [0.15, 0.2) is 45.8 Å². The molecule has 0 aromatic heterocycles. The highest BCUT2D eigenvalue weighted by atomic mass is 79.9. The second kappa shape index (κ2) is 7.28. The van der Waals surface area contributed by atoms with Gasteiger partial charge in [-0.2, -0.15) is 0 Å². The summed E-state index contributed by atoms with van der Waals surface area (Å²) in [6, 6.07) is 9.96. The third-order valence-electron chi connectivity index (χ3n) is 4.24. The Labute approximate surface area is 161 Å². The monoisotopic (exact) mass is 438 g/mol. The molecule has 1 fully saturated rings. The fourth-order valence-corrected chi connectivity index (χ4v) is 4.70. The van der Waals surface area contributed by atoms with Crippen LogP contribution in [-0.4, -0.2) is 28.0 Å². The summed E-state index contributed by atoms with van der Waals surface area (Å²) in [5, 5.41) is 0. The molecule has 2 aromatic carbocycles. The van der Waals surface area contributed by atoms with Gasteiger partial charge in [0.05, 0.1) is 12.8 Å². The Hall–Kier alpha value is -2.06. The third-order valence-corrected chi connectivity index (χ3v) is 6.14. The number of ether oxygens (including phenoxy) is 1. The van der Waals surface area contributed by atoms with Gasteiger partial charge >= 0.3 is 0 Å². The number of hydrogen-bond donors (Lipinski definition) is 1. The highest BCUT2D eigenvalue weighted by Crippen LogP contribution is 2.32. The minimum Gasteiger partial charge on any atom is -0.495 e. The molecule has 1 aliphatic rings. The quantitative estimate of drug-likeness (QED) is 0.771. The van der Waals surface area contributed by atoms with Crippen molar-refractivity contribution >= 4 is 43.2 Å². The first-order valence-corrected chi connectivity index (χ1v) is 10.4. The molecule has 2 aromatic rings. The van der Waals surface area contributed by atoms with E-state index in [0.29, 0.717) is 23.1 Å². The SMILES string of the molecule is COc1ccc(Br)cc1S(=O)(=O)Nc1ccc(C)c(N2CCCC2=O)c1. The normalized spacial score (nSPS) is 14.6. The molecule has 0 unspecified atom stereocenters. The first-order valence-electron chi connectivity index (χ1n) is 8.09. The number of carbonyl (C=O) groups excluding carboxylic acids is 1. The molecule has 0 atom stereocenters. The number of sulfonamides is 1. The molecular weight excluding hydrogens is 420 g/mol. The predicted molar refractivity (Wildman–Crippen MR) is 104 cm³/mol. The highest BCUT2D eigenvalue weighted by molar-refractivity contribution is 9.10. The van der Waals surface area contributed by atoms with Crippen molar-refractivity contribution in [3.8, 4) is 5.75 Å². The van der Waals surface area contributed by atoms with E-state index in [4.69, 9.17) is 4.74 Å². The van der Waals surface area contributed by atoms with Crippen LogP contribution in [0, 0.1) is 6.92 Å². The van der Waals surface area contributed by atoms with Crippen LogP contribution in [0.4, 0.5) is 11.4 Å². The summed E-state index contributed by atoms with van der Waals surface area (Å²) in [6.07, 6.45) is 1.33. The second-order valence-electron chi connectivity index (χ2n) is 6.05. The number of anilines is 2. The predicted octanol–water partition coefficient (Wildman–Crippen LogP) is 3.69. The van der Waals surface area contributed by atoms with Crippen molar-refractivity contribution in [2.24, 2.45) is 0 Å². The van der Waals surface area contributed by atoms with Gasteiger partial charge in [-0.1, -0.05) is 22.0 Å². The number of benzene rings is 2. The zero-order valence-electron chi connectivity index (χ0n) is 14.5. The van der Waals surface area contributed by atoms with Crippen molar-refractivity contribution in [3.63, 3.8) is 0 Å². The summed E-state index contributed by atoms with van der Waals surface area (Å²) < 4.78 is 34.0. The molecule has 0 radical (unpaired) electrons. The van der Waals surface area contributed by atoms with Crippen molar-refractivity contribution in [1.82, 2.24) is 0 Å². The number of rotatable bonds is 5. The zero-order chi connectivity index (χ0) is 18.9. The molecule has 1 saturated heterocycles. The van der Waals surface area contributed by atoms with E-state index in [-0.39, 0.29) is 16.6 Å². The van der Waals surface area contributed by atoms with E-state index in [1.54, 1.807) is 35.2 Å². The molecule has 0 saturated carbocycles. The van der Waals surface area contributed by atoms with Gasteiger partial charge in [-0.3, -0.25) is 9.52 Å². The zero-order valence-corrected chi connectivity index (χ0v) is 16.9. The van der Waals surface area contributed by atoms with Crippen molar-refractivity contribution in [3.05, 3.63) is 46.4 Å². The van der Waals surface area contributed by atoms with E-state index in [1.807, 2.05) is 6.92 Å². The Kier molecular flexibility index (Phi) is 5.24. The molecule has 0 aliphatic carbocycles. The fourth-order valence-electron chi connectivity index (χ4n) is 2.94. The van der Waals surface area contributed by atoms with E-state index >= 15 is 0 Å². The average Bonchev–Trinajstić information content (AvgIpc) is 3.02. The Morgan fingerprint density at radius 1 is 1.19 bits per heavy atom. The van der Waals surface area contributed by atoms with E-state index in [2.05, 4.69) is 20.7 Å². The third kappa shape index (κ3) is 3.71. The van der Waals surface area contributed by atoms with Crippen molar-refractivity contribution in [2.75, 3.05) is 23.3 Å².